The minimum absolute atomic E-state index is 0.0870. The van der Waals surface area contributed by atoms with Gasteiger partial charge in [0.2, 0.25) is 0 Å². The molecule has 0 amide bonds. The summed E-state index contributed by atoms with van der Waals surface area (Å²) in [4.78, 5) is 36.8. The number of carbonyl (C=O) groups is 3. The zero-order valence-corrected chi connectivity index (χ0v) is 12.0. The Bertz CT molecular complexity index is 550. The van der Waals surface area contributed by atoms with E-state index in [0.29, 0.717) is 18.4 Å². The molecule has 0 aliphatic carbocycles. The Balaban J connectivity index is 2.92. The first-order chi connectivity index (χ1) is 10.3. The molecule has 1 aliphatic rings. The van der Waals surface area contributed by atoms with Gasteiger partial charge >= 0.3 is 17.9 Å². The van der Waals surface area contributed by atoms with Crippen LogP contribution in [0.15, 0.2) is 28.4 Å². The number of nitrogens with zero attached hydrogens (tertiary/aromatic N) is 1. The van der Waals surface area contributed by atoms with E-state index in [1.165, 1.54) is 18.4 Å². The molecule has 0 spiro atoms. The van der Waals surface area contributed by atoms with Crippen molar-refractivity contribution in [2.45, 2.75) is 38.3 Å². The zero-order valence-electron chi connectivity index (χ0n) is 12.0. The average Bonchev–Trinajstić information content (AvgIpc) is 2.45. The summed E-state index contributed by atoms with van der Waals surface area (Å²) in [6.07, 6.45) is 5.17. The molecule has 22 heavy (non-hydrogen) atoms. The van der Waals surface area contributed by atoms with Crippen molar-refractivity contribution in [1.29, 1.82) is 0 Å². The van der Waals surface area contributed by atoms with Gasteiger partial charge in [-0.05, 0) is 24.1 Å². The first-order valence-corrected chi connectivity index (χ1v) is 6.74. The monoisotopic (exact) mass is 310 g/mol. The fourth-order valence-electron chi connectivity index (χ4n) is 1.93. The van der Waals surface area contributed by atoms with Crippen molar-refractivity contribution in [2.75, 3.05) is 0 Å². The fourth-order valence-corrected chi connectivity index (χ4v) is 1.93. The molecule has 1 rings (SSSR count). The molecule has 120 valence electrons. The second kappa shape index (κ2) is 7.96. The predicted molar refractivity (Wildman–Crippen MR) is 77.8 cm³/mol. The molecular weight excluding hydrogens is 292 g/mol. The van der Waals surface area contributed by atoms with E-state index in [1.54, 1.807) is 0 Å². The van der Waals surface area contributed by atoms with Gasteiger partial charge in [-0.2, -0.15) is 0 Å². The Morgan fingerprint density at radius 2 is 2.09 bits per heavy atom. The lowest BCUT2D eigenvalue weighted by Crippen LogP contribution is -2.41. The second-order valence-electron chi connectivity index (χ2n) is 4.78. The summed E-state index contributed by atoms with van der Waals surface area (Å²) in [7, 11) is 0. The molecule has 4 N–H and O–H groups in total. The molecule has 0 bridgehead atoms. The van der Waals surface area contributed by atoms with E-state index >= 15 is 0 Å². The highest BCUT2D eigenvalue weighted by molar-refractivity contribution is 5.89. The smallest absolute Gasteiger partial charge is 0.351 e. The molecule has 0 saturated carbocycles. The number of aliphatic carboxylic acids is 3. The van der Waals surface area contributed by atoms with Crippen LogP contribution in [0.3, 0.4) is 0 Å². The first-order valence-electron chi connectivity index (χ1n) is 6.74. The second-order valence-corrected chi connectivity index (χ2v) is 4.78. The van der Waals surface area contributed by atoms with Crippen LogP contribution >= 0.6 is 0 Å². The van der Waals surface area contributed by atoms with Crippen molar-refractivity contribution in [3.05, 3.63) is 23.4 Å². The Hall–Kier alpha value is -2.64. The summed E-state index contributed by atoms with van der Waals surface area (Å²) in [6.45, 7) is 1.84. The Kier molecular flexibility index (Phi) is 6.30. The Morgan fingerprint density at radius 1 is 1.41 bits per heavy atom. The number of carboxylic acid groups (broad SMARTS) is 3. The maximum atomic E-state index is 11.0. The molecule has 0 aromatic rings. The molecule has 2 unspecified atom stereocenters. The van der Waals surface area contributed by atoms with Gasteiger partial charge in [0.25, 0.3) is 0 Å². The van der Waals surface area contributed by atoms with Crippen molar-refractivity contribution in [1.82, 2.24) is 5.32 Å². The third-order valence-corrected chi connectivity index (χ3v) is 3.03. The van der Waals surface area contributed by atoms with Crippen molar-refractivity contribution in [3.63, 3.8) is 0 Å². The first kappa shape index (κ1) is 17.4. The van der Waals surface area contributed by atoms with E-state index in [0.717, 1.165) is 0 Å². The quantitative estimate of drug-likeness (QED) is 0.507. The van der Waals surface area contributed by atoms with Gasteiger partial charge in [-0.15, -0.1) is 0 Å². The third kappa shape index (κ3) is 5.04. The van der Waals surface area contributed by atoms with Gasteiger partial charge in [0.15, 0.2) is 0 Å². The molecule has 8 heteroatoms. The van der Waals surface area contributed by atoms with Gasteiger partial charge in [-0.1, -0.05) is 13.3 Å². The van der Waals surface area contributed by atoms with Crippen LogP contribution in [0.4, 0.5) is 0 Å². The number of nitrogens with one attached hydrogen (secondary N) is 1. The summed E-state index contributed by atoms with van der Waals surface area (Å²) >= 11 is 0. The maximum Gasteiger partial charge on any atom is 0.351 e. The summed E-state index contributed by atoms with van der Waals surface area (Å²) < 4.78 is 0. The van der Waals surface area contributed by atoms with Crippen molar-refractivity contribution in [3.8, 4) is 0 Å². The Morgan fingerprint density at radius 3 is 2.59 bits per heavy atom. The molecule has 0 fully saturated rings. The van der Waals surface area contributed by atoms with E-state index in [4.69, 9.17) is 15.3 Å². The maximum absolute atomic E-state index is 11.0. The minimum Gasteiger partial charge on any atom is -0.480 e. The Labute approximate surface area is 126 Å². The summed E-state index contributed by atoms with van der Waals surface area (Å²) in [6, 6.07) is -1.90. The normalized spacial score (nSPS) is 21.2. The lowest BCUT2D eigenvalue weighted by atomic mass is 10.00. The average molecular weight is 310 g/mol. The summed E-state index contributed by atoms with van der Waals surface area (Å²) in [5, 5.41) is 29.3. The number of allylic oxidation sites excluding steroid dienone is 2. The van der Waals surface area contributed by atoms with Crippen LogP contribution in [-0.2, 0) is 14.4 Å². The number of carboxylic acids is 3. The van der Waals surface area contributed by atoms with Crippen LogP contribution in [0.1, 0.15) is 26.2 Å². The minimum atomic E-state index is -1.26. The molecule has 1 aliphatic heterocycles. The molecular formula is C14H18N2O6. The van der Waals surface area contributed by atoms with E-state index in [1.807, 2.05) is 6.92 Å². The van der Waals surface area contributed by atoms with Crippen molar-refractivity contribution >= 4 is 24.1 Å². The molecule has 2 atom stereocenters. The van der Waals surface area contributed by atoms with E-state index < -0.39 is 30.0 Å². The number of hydrogen-bond acceptors (Lipinski definition) is 5. The van der Waals surface area contributed by atoms with E-state index in [9.17, 15) is 14.4 Å². The number of hydrogen-bond donors (Lipinski definition) is 4. The van der Waals surface area contributed by atoms with Crippen LogP contribution in [-0.4, -0.2) is 51.5 Å². The van der Waals surface area contributed by atoms with Crippen LogP contribution in [0.25, 0.3) is 0 Å². The zero-order chi connectivity index (χ0) is 16.7. The molecule has 0 aromatic carbocycles. The fraction of sp³-hybridized carbons (Fsp3) is 0.429. The highest BCUT2D eigenvalue weighted by atomic mass is 16.4. The van der Waals surface area contributed by atoms with E-state index in [-0.39, 0.29) is 12.1 Å². The summed E-state index contributed by atoms with van der Waals surface area (Å²) in [5.74, 6) is -3.46. The van der Waals surface area contributed by atoms with Crippen molar-refractivity contribution in [2.24, 2.45) is 4.99 Å². The van der Waals surface area contributed by atoms with Gasteiger partial charge in [0.05, 0.1) is 0 Å². The largest absolute Gasteiger partial charge is 0.480 e. The molecule has 8 nitrogen and oxygen atoms in total. The van der Waals surface area contributed by atoms with Crippen LogP contribution < -0.4 is 5.32 Å². The van der Waals surface area contributed by atoms with Gasteiger partial charge < -0.3 is 20.6 Å². The number of aliphatic imine (C=N–C) groups is 1. The lowest BCUT2D eigenvalue weighted by molar-refractivity contribution is -0.140. The van der Waals surface area contributed by atoms with Gasteiger partial charge in [0.1, 0.15) is 17.8 Å². The summed E-state index contributed by atoms with van der Waals surface area (Å²) in [5.41, 5.74) is 0.231. The topological polar surface area (TPSA) is 136 Å². The van der Waals surface area contributed by atoms with Crippen LogP contribution in [0.2, 0.25) is 0 Å². The highest BCUT2D eigenvalue weighted by Crippen LogP contribution is 2.16. The lowest BCUT2D eigenvalue weighted by Gasteiger charge is -2.21. The van der Waals surface area contributed by atoms with Crippen LogP contribution in [0.5, 0.6) is 0 Å². The SMILES string of the molecule is CCCC(N=C/C=C1/C=C(C(=O)O)NC(C(=O)O)C1)C(=O)O. The van der Waals surface area contributed by atoms with Gasteiger partial charge in [-0.25, -0.2) is 14.4 Å². The molecule has 0 radical (unpaired) electrons. The number of rotatable bonds is 7. The molecule has 0 saturated heterocycles. The van der Waals surface area contributed by atoms with Crippen LogP contribution in [0, 0.1) is 0 Å². The van der Waals surface area contributed by atoms with Crippen molar-refractivity contribution < 1.29 is 29.7 Å². The van der Waals surface area contributed by atoms with E-state index in [2.05, 4.69) is 10.3 Å². The highest BCUT2D eigenvalue weighted by Gasteiger charge is 2.26. The predicted octanol–water partition coefficient (Wildman–Crippen LogP) is 0.652. The molecule has 0 aromatic heterocycles. The van der Waals surface area contributed by atoms with Gasteiger partial charge in [0, 0.05) is 12.6 Å². The third-order valence-electron chi connectivity index (χ3n) is 3.03. The van der Waals surface area contributed by atoms with Gasteiger partial charge in [-0.3, -0.25) is 4.99 Å². The molecule has 1 heterocycles. The standard InChI is InChI=1S/C14H18N2O6/c1-2-3-9(12(17)18)15-5-4-8-6-10(13(19)20)16-11(7-8)14(21)22/h4-6,9,11,16H,2-3,7H2,1H3,(H,17,18)(H,19,20)(H,21,22)/b8-4-,15-5?.